The van der Waals surface area contributed by atoms with Crippen molar-refractivity contribution in [2.45, 2.75) is 13.1 Å². The first-order valence-corrected chi connectivity index (χ1v) is 7.76. The number of imidazole rings is 1. The number of halogens is 1. The first kappa shape index (κ1) is 16.0. The lowest BCUT2D eigenvalue weighted by atomic mass is 10.2. The van der Waals surface area contributed by atoms with Crippen LogP contribution in [0.4, 0.5) is 4.39 Å². The number of rotatable bonds is 4. The Hall–Kier alpha value is -2.89. The normalized spacial score (nSPS) is 11.7. The highest BCUT2D eigenvalue weighted by Crippen LogP contribution is 2.13. The van der Waals surface area contributed by atoms with E-state index in [1.54, 1.807) is 13.1 Å². The van der Waals surface area contributed by atoms with Crippen molar-refractivity contribution in [2.24, 2.45) is 12.0 Å². The van der Waals surface area contributed by atoms with Gasteiger partial charge in [-0.2, -0.15) is 0 Å². The zero-order valence-electron chi connectivity index (χ0n) is 13.8. The number of fused-ring (bicyclic) bond motifs is 1. The molecule has 2 aromatic carbocycles. The summed E-state index contributed by atoms with van der Waals surface area (Å²) in [6, 6.07) is 14.5. The van der Waals surface area contributed by atoms with E-state index in [-0.39, 0.29) is 5.82 Å². The van der Waals surface area contributed by atoms with Crippen LogP contribution in [0.25, 0.3) is 11.0 Å². The molecule has 0 saturated carbocycles. The Morgan fingerprint density at radius 1 is 1.12 bits per heavy atom. The summed E-state index contributed by atoms with van der Waals surface area (Å²) < 4.78 is 15.3. The molecule has 0 aliphatic carbocycles. The van der Waals surface area contributed by atoms with E-state index in [4.69, 9.17) is 0 Å². The summed E-state index contributed by atoms with van der Waals surface area (Å²) in [6.07, 6.45) is 0. The first-order chi connectivity index (χ1) is 11.7. The molecule has 0 aliphatic heterocycles. The number of hydrogen-bond donors (Lipinski definition) is 2. The van der Waals surface area contributed by atoms with Crippen LogP contribution in [0.15, 0.2) is 53.5 Å². The van der Waals surface area contributed by atoms with Crippen LogP contribution >= 0.6 is 0 Å². The second-order valence-corrected chi connectivity index (χ2v) is 5.49. The van der Waals surface area contributed by atoms with Gasteiger partial charge in [0.05, 0.1) is 17.6 Å². The molecule has 0 bridgehead atoms. The summed E-state index contributed by atoms with van der Waals surface area (Å²) in [5, 5.41) is 6.41. The van der Waals surface area contributed by atoms with Gasteiger partial charge in [0.1, 0.15) is 11.6 Å². The van der Waals surface area contributed by atoms with Crippen LogP contribution in [0.1, 0.15) is 11.4 Å². The molecule has 0 unspecified atom stereocenters. The van der Waals surface area contributed by atoms with Gasteiger partial charge in [-0.15, -0.1) is 0 Å². The molecule has 0 radical (unpaired) electrons. The maximum atomic E-state index is 13.2. The van der Waals surface area contributed by atoms with Gasteiger partial charge in [0.15, 0.2) is 5.96 Å². The number of aliphatic imine (C=N–C) groups is 1. The number of hydrogen-bond acceptors (Lipinski definition) is 2. The van der Waals surface area contributed by atoms with Crippen LogP contribution in [-0.2, 0) is 20.1 Å². The third-order valence-electron chi connectivity index (χ3n) is 3.87. The minimum atomic E-state index is -0.239. The third kappa shape index (κ3) is 3.53. The SMILES string of the molecule is CN=C(NCc1cccc(F)c1)NCc1nc2ccccc2n1C. The van der Waals surface area contributed by atoms with Crippen LogP contribution < -0.4 is 10.6 Å². The Balaban J connectivity index is 1.62. The monoisotopic (exact) mass is 325 g/mol. The molecular weight excluding hydrogens is 305 g/mol. The van der Waals surface area contributed by atoms with Crippen molar-refractivity contribution in [2.75, 3.05) is 7.05 Å². The first-order valence-electron chi connectivity index (χ1n) is 7.76. The molecule has 0 spiro atoms. The van der Waals surface area contributed by atoms with E-state index < -0.39 is 0 Å². The fourth-order valence-corrected chi connectivity index (χ4v) is 2.57. The number of benzene rings is 2. The number of guanidine groups is 1. The van der Waals surface area contributed by atoms with Crippen molar-refractivity contribution in [1.82, 2.24) is 20.2 Å². The second-order valence-electron chi connectivity index (χ2n) is 5.49. The van der Waals surface area contributed by atoms with Gasteiger partial charge in [0, 0.05) is 20.6 Å². The highest BCUT2D eigenvalue weighted by Gasteiger charge is 2.07. The molecule has 0 fully saturated rings. The van der Waals surface area contributed by atoms with Gasteiger partial charge in [-0.1, -0.05) is 24.3 Å². The summed E-state index contributed by atoms with van der Waals surface area (Å²) in [5.74, 6) is 1.33. The molecule has 0 atom stereocenters. The Kier molecular flexibility index (Phi) is 4.74. The Bertz CT molecular complexity index is 869. The topological polar surface area (TPSA) is 54.2 Å². The van der Waals surface area contributed by atoms with Gasteiger partial charge in [-0.05, 0) is 29.8 Å². The molecular formula is C18H20FN5. The lowest BCUT2D eigenvalue weighted by molar-refractivity contribution is 0.624. The van der Waals surface area contributed by atoms with Gasteiger partial charge in [-0.25, -0.2) is 9.37 Å². The third-order valence-corrected chi connectivity index (χ3v) is 3.87. The summed E-state index contributed by atoms with van der Waals surface area (Å²) in [5.41, 5.74) is 2.93. The van der Waals surface area contributed by atoms with Crippen molar-refractivity contribution in [1.29, 1.82) is 0 Å². The van der Waals surface area contributed by atoms with E-state index in [0.717, 1.165) is 22.4 Å². The van der Waals surface area contributed by atoms with E-state index in [1.807, 2.05) is 37.4 Å². The fourth-order valence-electron chi connectivity index (χ4n) is 2.57. The van der Waals surface area contributed by atoms with Crippen molar-refractivity contribution in [3.05, 3.63) is 65.7 Å². The molecule has 0 saturated heterocycles. The number of nitrogens with zero attached hydrogens (tertiary/aromatic N) is 3. The summed E-state index contributed by atoms with van der Waals surface area (Å²) >= 11 is 0. The molecule has 1 aromatic heterocycles. The number of aryl methyl sites for hydroxylation is 1. The molecule has 2 N–H and O–H groups in total. The molecule has 0 aliphatic rings. The van der Waals surface area contributed by atoms with Crippen molar-refractivity contribution in [3.63, 3.8) is 0 Å². The lowest BCUT2D eigenvalue weighted by Gasteiger charge is -2.12. The predicted octanol–water partition coefficient (Wildman–Crippen LogP) is 2.58. The summed E-state index contributed by atoms with van der Waals surface area (Å²) in [4.78, 5) is 8.80. The van der Waals surface area contributed by atoms with E-state index in [1.165, 1.54) is 12.1 Å². The summed E-state index contributed by atoms with van der Waals surface area (Å²) in [6.45, 7) is 1.05. The standard InChI is InChI=1S/C18H20FN5/c1-20-18(21-11-13-6-5-7-14(19)10-13)22-12-17-23-15-8-3-4-9-16(15)24(17)2/h3-10H,11-12H2,1-2H3,(H2,20,21,22). The zero-order valence-corrected chi connectivity index (χ0v) is 13.8. The maximum Gasteiger partial charge on any atom is 0.191 e. The largest absolute Gasteiger partial charge is 0.352 e. The van der Waals surface area contributed by atoms with Gasteiger partial charge < -0.3 is 15.2 Å². The van der Waals surface area contributed by atoms with Crippen LogP contribution in [-0.4, -0.2) is 22.6 Å². The Morgan fingerprint density at radius 2 is 1.92 bits per heavy atom. The van der Waals surface area contributed by atoms with Crippen molar-refractivity contribution < 1.29 is 4.39 Å². The number of nitrogens with one attached hydrogen (secondary N) is 2. The van der Waals surface area contributed by atoms with Gasteiger partial charge in [0.2, 0.25) is 0 Å². The molecule has 3 aromatic rings. The Morgan fingerprint density at radius 3 is 2.67 bits per heavy atom. The quantitative estimate of drug-likeness (QED) is 0.573. The number of aromatic nitrogens is 2. The summed E-state index contributed by atoms with van der Waals surface area (Å²) in [7, 11) is 3.70. The van der Waals surface area contributed by atoms with E-state index in [2.05, 4.69) is 25.2 Å². The minimum Gasteiger partial charge on any atom is -0.352 e. The van der Waals surface area contributed by atoms with Crippen LogP contribution in [0.2, 0.25) is 0 Å². The highest BCUT2D eigenvalue weighted by molar-refractivity contribution is 5.80. The van der Waals surface area contributed by atoms with Gasteiger partial charge >= 0.3 is 0 Å². The lowest BCUT2D eigenvalue weighted by Crippen LogP contribution is -2.36. The molecule has 0 amide bonds. The Labute approximate surface area is 140 Å². The average molecular weight is 325 g/mol. The van der Waals surface area contributed by atoms with Crippen molar-refractivity contribution in [3.8, 4) is 0 Å². The highest BCUT2D eigenvalue weighted by atomic mass is 19.1. The molecule has 124 valence electrons. The van der Waals surface area contributed by atoms with Gasteiger partial charge in [-0.3, -0.25) is 4.99 Å². The molecule has 24 heavy (non-hydrogen) atoms. The predicted molar refractivity (Wildman–Crippen MR) is 94.2 cm³/mol. The maximum absolute atomic E-state index is 13.2. The van der Waals surface area contributed by atoms with E-state index in [9.17, 15) is 4.39 Å². The van der Waals surface area contributed by atoms with Crippen LogP contribution in [0.5, 0.6) is 0 Å². The molecule has 6 heteroatoms. The van der Waals surface area contributed by atoms with E-state index in [0.29, 0.717) is 19.0 Å². The molecule has 3 rings (SSSR count). The number of para-hydroxylation sites is 2. The zero-order chi connectivity index (χ0) is 16.9. The molecule has 5 nitrogen and oxygen atoms in total. The van der Waals surface area contributed by atoms with E-state index >= 15 is 0 Å². The average Bonchev–Trinajstić information content (AvgIpc) is 2.92. The van der Waals surface area contributed by atoms with Crippen molar-refractivity contribution >= 4 is 17.0 Å². The fraction of sp³-hybridized carbons (Fsp3) is 0.222. The minimum absolute atomic E-state index is 0.239. The van der Waals surface area contributed by atoms with Crippen LogP contribution in [0.3, 0.4) is 0 Å². The van der Waals surface area contributed by atoms with Crippen LogP contribution in [0, 0.1) is 5.82 Å². The molecule has 1 heterocycles. The van der Waals surface area contributed by atoms with Gasteiger partial charge in [0.25, 0.3) is 0 Å². The smallest absolute Gasteiger partial charge is 0.191 e. The second kappa shape index (κ2) is 7.12.